The first-order valence-corrected chi connectivity index (χ1v) is 7.92. The Morgan fingerprint density at radius 1 is 1.41 bits per heavy atom. The predicted octanol–water partition coefficient (Wildman–Crippen LogP) is 2.11. The molecule has 0 spiro atoms. The van der Waals surface area contributed by atoms with Gasteiger partial charge in [-0.05, 0) is 24.3 Å². The number of amides is 1. The molecule has 1 saturated heterocycles. The highest BCUT2D eigenvalue weighted by Gasteiger charge is 2.38. The van der Waals surface area contributed by atoms with E-state index in [1.54, 1.807) is 13.0 Å². The summed E-state index contributed by atoms with van der Waals surface area (Å²) in [5.41, 5.74) is -0.246. The van der Waals surface area contributed by atoms with Crippen LogP contribution in [-0.2, 0) is 4.79 Å². The maximum atomic E-state index is 12.6. The summed E-state index contributed by atoms with van der Waals surface area (Å²) in [4.78, 5) is 36.4. The van der Waals surface area contributed by atoms with Crippen molar-refractivity contribution < 1.29 is 19.6 Å². The van der Waals surface area contributed by atoms with Crippen LogP contribution >= 0.6 is 11.8 Å². The van der Waals surface area contributed by atoms with Crippen LogP contribution in [0.25, 0.3) is 0 Å². The molecular formula is C14H16N2O5S. The summed E-state index contributed by atoms with van der Waals surface area (Å²) in [6.07, 6.45) is 1.81. The molecule has 0 bridgehead atoms. The van der Waals surface area contributed by atoms with E-state index >= 15 is 0 Å². The molecule has 1 aromatic rings. The first-order valence-electron chi connectivity index (χ1n) is 6.69. The Hall–Kier alpha value is -2.09. The number of likely N-dealkylation sites (tertiary alicyclic amines) is 1. The van der Waals surface area contributed by atoms with Crippen LogP contribution in [0.3, 0.4) is 0 Å². The minimum absolute atomic E-state index is 0.00934. The van der Waals surface area contributed by atoms with E-state index in [-0.39, 0.29) is 30.3 Å². The fraction of sp³-hybridized carbons (Fsp3) is 0.429. The van der Waals surface area contributed by atoms with Crippen LogP contribution < -0.4 is 0 Å². The fourth-order valence-electron chi connectivity index (χ4n) is 2.60. The molecular weight excluding hydrogens is 308 g/mol. The highest BCUT2D eigenvalue weighted by Crippen LogP contribution is 2.29. The van der Waals surface area contributed by atoms with Gasteiger partial charge in [0.2, 0.25) is 0 Å². The van der Waals surface area contributed by atoms with E-state index in [0.29, 0.717) is 0 Å². The fourth-order valence-corrected chi connectivity index (χ4v) is 3.04. The maximum absolute atomic E-state index is 12.6. The van der Waals surface area contributed by atoms with Crippen LogP contribution in [0.1, 0.15) is 17.3 Å². The number of benzene rings is 1. The number of nitrogens with zero attached hydrogens (tertiary/aromatic N) is 2. The molecule has 0 saturated carbocycles. The number of carbonyl (C=O) groups is 2. The van der Waals surface area contributed by atoms with Gasteiger partial charge < -0.3 is 10.0 Å². The zero-order valence-corrected chi connectivity index (χ0v) is 13.0. The molecule has 0 unspecified atom stereocenters. The van der Waals surface area contributed by atoms with E-state index in [0.717, 1.165) is 4.90 Å². The molecule has 2 rings (SSSR count). The van der Waals surface area contributed by atoms with Crippen molar-refractivity contribution in [2.24, 2.45) is 11.8 Å². The molecule has 22 heavy (non-hydrogen) atoms. The van der Waals surface area contributed by atoms with Gasteiger partial charge in [0.25, 0.3) is 11.6 Å². The molecule has 0 aromatic heterocycles. The van der Waals surface area contributed by atoms with Crippen LogP contribution in [-0.4, -0.2) is 46.2 Å². The minimum atomic E-state index is -0.949. The topological polar surface area (TPSA) is 101 Å². The number of hydrogen-bond donors (Lipinski definition) is 1. The predicted molar refractivity (Wildman–Crippen MR) is 81.1 cm³/mol. The van der Waals surface area contributed by atoms with E-state index in [4.69, 9.17) is 5.11 Å². The second-order valence-corrected chi connectivity index (χ2v) is 6.15. The maximum Gasteiger partial charge on any atom is 0.308 e. The molecule has 118 valence electrons. The summed E-state index contributed by atoms with van der Waals surface area (Å²) in [6.45, 7) is 2.13. The van der Waals surface area contributed by atoms with Crippen molar-refractivity contribution in [3.8, 4) is 0 Å². The molecule has 0 aliphatic carbocycles. The Morgan fingerprint density at radius 2 is 2.09 bits per heavy atom. The van der Waals surface area contributed by atoms with Crippen LogP contribution in [0, 0.1) is 22.0 Å². The number of nitro benzene ring substituents is 1. The van der Waals surface area contributed by atoms with Gasteiger partial charge in [-0.1, -0.05) is 6.92 Å². The average molecular weight is 324 g/mol. The molecule has 1 N–H and O–H groups in total. The zero-order chi connectivity index (χ0) is 16.4. The standard InChI is InChI=1S/C14H16N2O5S/c1-8-6-15(7-11(8)14(18)19)13(17)10-5-9(22-2)3-4-12(10)16(20)21/h3-5,8,11H,6-7H2,1-2H3,(H,18,19)/t8-,11-/m1/s1. The molecule has 1 aliphatic rings. The third-order valence-corrected chi connectivity index (χ3v) is 4.57. The van der Waals surface area contributed by atoms with Gasteiger partial charge in [0, 0.05) is 24.1 Å². The molecule has 8 heteroatoms. The van der Waals surface area contributed by atoms with Gasteiger partial charge in [-0.15, -0.1) is 11.8 Å². The average Bonchev–Trinajstić information content (AvgIpc) is 2.87. The minimum Gasteiger partial charge on any atom is -0.481 e. The quantitative estimate of drug-likeness (QED) is 0.517. The number of thioether (sulfide) groups is 1. The Morgan fingerprint density at radius 3 is 2.59 bits per heavy atom. The lowest BCUT2D eigenvalue weighted by Crippen LogP contribution is -2.30. The Labute approximate surface area is 131 Å². The number of carbonyl (C=O) groups excluding carboxylic acids is 1. The summed E-state index contributed by atoms with van der Waals surface area (Å²) in [5.74, 6) is -2.25. The van der Waals surface area contributed by atoms with Crippen LogP contribution in [0.5, 0.6) is 0 Å². The molecule has 1 amide bonds. The van der Waals surface area contributed by atoms with Crippen molar-refractivity contribution in [1.29, 1.82) is 0 Å². The van der Waals surface area contributed by atoms with Crippen molar-refractivity contribution in [1.82, 2.24) is 4.90 Å². The van der Waals surface area contributed by atoms with Crippen LogP contribution in [0.4, 0.5) is 5.69 Å². The summed E-state index contributed by atoms with van der Waals surface area (Å²) in [5, 5.41) is 20.2. The summed E-state index contributed by atoms with van der Waals surface area (Å²) in [6, 6.07) is 4.39. The van der Waals surface area contributed by atoms with Crippen molar-refractivity contribution >= 4 is 29.3 Å². The molecule has 7 nitrogen and oxygen atoms in total. The van der Waals surface area contributed by atoms with Crippen molar-refractivity contribution in [3.05, 3.63) is 33.9 Å². The van der Waals surface area contributed by atoms with Gasteiger partial charge >= 0.3 is 5.97 Å². The number of nitro groups is 1. The van der Waals surface area contributed by atoms with E-state index in [9.17, 15) is 19.7 Å². The largest absolute Gasteiger partial charge is 0.481 e. The number of rotatable bonds is 4. The number of hydrogen-bond acceptors (Lipinski definition) is 5. The summed E-state index contributed by atoms with van der Waals surface area (Å²) >= 11 is 1.38. The lowest BCUT2D eigenvalue weighted by Gasteiger charge is -2.16. The second kappa shape index (κ2) is 6.35. The smallest absolute Gasteiger partial charge is 0.308 e. The van der Waals surface area contributed by atoms with E-state index in [1.807, 2.05) is 6.26 Å². The SMILES string of the molecule is CSc1ccc([N+](=O)[O-])c(C(=O)N2C[C@@H](C)[C@H](C(=O)O)C2)c1. The molecule has 1 heterocycles. The normalized spacial score (nSPS) is 20.9. The molecule has 0 radical (unpaired) electrons. The van der Waals surface area contributed by atoms with Gasteiger partial charge in [0.1, 0.15) is 5.56 Å². The number of carboxylic acid groups (broad SMARTS) is 1. The van der Waals surface area contributed by atoms with E-state index < -0.39 is 22.7 Å². The number of aliphatic carboxylic acids is 1. The van der Waals surface area contributed by atoms with Gasteiger partial charge in [0.05, 0.1) is 10.8 Å². The monoisotopic (exact) mass is 324 g/mol. The highest BCUT2D eigenvalue weighted by atomic mass is 32.2. The first kappa shape index (κ1) is 16.3. The Bertz CT molecular complexity index is 634. The molecule has 1 aromatic carbocycles. The van der Waals surface area contributed by atoms with E-state index in [1.165, 1.54) is 28.8 Å². The van der Waals surface area contributed by atoms with Crippen molar-refractivity contribution in [3.63, 3.8) is 0 Å². The van der Waals surface area contributed by atoms with E-state index in [2.05, 4.69) is 0 Å². The summed E-state index contributed by atoms with van der Waals surface area (Å²) in [7, 11) is 0. The van der Waals surface area contributed by atoms with Gasteiger partial charge in [-0.2, -0.15) is 0 Å². The zero-order valence-electron chi connectivity index (χ0n) is 12.2. The lowest BCUT2D eigenvalue weighted by atomic mass is 9.99. The van der Waals surface area contributed by atoms with Gasteiger partial charge in [-0.3, -0.25) is 19.7 Å². The third kappa shape index (κ3) is 3.06. The summed E-state index contributed by atoms with van der Waals surface area (Å²) < 4.78 is 0. The number of carboxylic acids is 1. The van der Waals surface area contributed by atoms with Crippen LogP contribution in [0.2, 0.25) is 0 Å². The van der Waals surface area contributed by atoms with Crippen LogP contribution in [0.15, 0.2) is 23.1 Å². The lowest BCUT2D eigenvalue weighted by molar-refractivity contribution is -0.385. The van der Waals surface area contributed by atoms with Crippen molar-refractivity contribution in [2.45, 2.75) is 11.8 Å². The highest BCUT2D eigenvalue weighted by molar-refractivity contribution is 7.98. The van der Waals surface area contributed by atoms with Gasteiger partial charge in [-0.25, -0.2) is 0 Å². The Balaban J connectivity index is 2.33. The van der Waals surface area contributed by atoms with Gasteiger partial charge in [0.15, 0.2) is 0 Å². The molecule has 1 fully saturated rings. The second-order valence-electron chi connectivity index (χ2n) is 5.27. The molecule has 1 aliphatic heterocycles. The first-order chi connectivity index (χ1) is 10.3. The Kier molecular flexibility index (Phi) is 4.70. The van der Waals surface area contributed by atoms with Crippen molar-refractivity contribution in [2.75, 3.05) is 19.3 Å². The third-order valence-electron chi connectivity index (χ3n) is 3.85. The molecule has 2 atom stereocenters.